The lowest BCUT2D eigenvalue weighted by Crippen LogP contribution is -2.04. The zero-order valence-electron chi connectivity index (χ0n) is 12.1. The summed E-state index contributed by atoms with van der Waals surface area (Å²) in [5.74, 6) is 0. The van der Waals surface area contributed by atoms with Crippen LogP contribution in [0, 0.1) is 22.7 Å². The second-order valence-corrected chi connectivity index (χ2v) is 4.88. The molecule has 104 valence electrons. The van der Waals surface area contributed by atoms with E-state index < -0.39 is 0 Å². The van der Waals surface area contributed by atoms with Gasteiger partial charge < -0.3 is 4.74 Å². The second kappa shape index (κ2) is 6.70. The highest BCUT2D eigenvalue weighted by Crippen LogP contribution is 2.31. The normalized spacial score (nSPS) is 11.4. The van der Waals surface area contributed by atoms with E-state index in [0.29, 0.717) is 6.42 Å². The fourth-order valence-electron chi connectivity index (χ4n) is 2.45. The van der Waals surface area contributed by atoms with Crippen LogP contribution in [0.2, 0.25) is 0 Å². The number of rotatable bonds is 4. The van der Waals surface area contributed by atoms with Crippen molar-refractivity contribution >= 4 is 10.8 Å². The molecule has 0 aliphatic heterocycles. The van der Waals surface area contributed by atoms with Gasteiger partial charge in [0.15, 0.2) is 0 Å². The van der Waals surface area contributed by atoms with E-state index in [1.165, 1.54) is 0 Å². The zero-order valence-corrected chi connectivity index (χ0v) is 12.1. The third-order valence-corrected chi connectivity index (χ3v) is 3.60. The lowest BCUT2D eigenvalue weighted by atomic mass is 9.95. The van der Waals surface area contributed by atoms with Crippen molar-refractivity contribution in [1.82, 2.24) is 0 Å². The van der Waals surface area contributed by atoms with Gasteiger partial charge in [-0.3, -0.25) is 0 Å². The number of nitriles is 2. The molecule has 0 heterocycles. The van der Waals surface area contributed by atoms with Gasteiger partial charge in [0.2, 0.25) is 0 Å². The van der Waals surface area contributed by atoms with Crippen LogP contribution in [0.25, 0.3) is 10.8 Å². The van der Waals surface area contributed by atoms with Crippen LogP contribution in [0.3, 0.4) is 0 Å². The molecule has 0 amide bonds. The Hall–Kier alpha value is -2.62. The molecule has 0 N–H and O–H groups in total. The molecule has 0 aromatic heterocycles. The molecule has 0 aliphatic carbocycles. The molecule has 2 rings (SSSR count). The van der Waals surface area contributed by atoms with Crippen molar-refractivity contribution < 1.29 is 4.74 Å². The van der Waals surface area contributed by atoms with Crippen LogP contribution in [0.4, 0.5) is 0 Å². The van der Waals surface area contributed by atoms with Crippen LogP contribution in [0.1, 0.15) is 25.0 Å². The Bertz CT molecular complexity index is 741. The molecule has 21 heavy (non-hydrogen) atoms. The monoisotopic (exact) mass is 276 g/mol. The molecule has 2 aromatic rings. The average Bonchev–Trinajstić information content (AvgIpc) is 2.53. The van der Waals surface area contributed by atoms with Gasteiger partial charge in [0.25, 0.3) is 0 Å². The van der Waals surface area contributed by atoms with Crippen LogP contribution in [0.5, 0.6) is 0 Å². The Morgan fingerprint density at radius 2 is 1.76 bits per heavy atom. The van der Waals surface area contributed by atoms with E-state index in [1.807, 2.05) is 36.4 Å². The summed E-state index contributed by atoms with van der Waals surface area (Å²) < 4.78 is 5.60. The Morgan fingerprint density at radius 3 is 2.43 bits per heavy atom. The highest BCUT2D eigenvalue weighted by atomic mass is 16.5. The van der Waals surface area contributed by atoms with Gasteiger partial charge in [0.05, 0.1) is 6.10 Å². The van der Waals surface area contributed by atoms with Gasteiger partial charge in [-0.15, -0.1) is 0 Å². The number of hydrogen-bond donors (Lipinski definition) is 0. The molecule has 0 aliphatic rings. The predicted molar refractivity (Wildman–Crippen MR) is 82.2 cm³/mol. The van der Waals surface area contributed by atoms with Crippen molar-refractivity contribution in [2.45, 2.75) is 19.4 Å². The first-order chi connectivity index (χ1) is 10.2. The number of methoxy groups -OCH3 is 1. The van der Waals surface area contributed by atoms with E-state index in [-0.39, 0.29) is 11.7 Å². The van der Waals surface area contributed by atoms with E-state index in [1.54, 1.807) is 14.0 Å². The summed E-state index contributed by atoms with van der Waals surface area (Å²) in [6, 6.07) is 18.1. The van der Waals surface area contributed by atoms with Crippen molar-refractivity contribution in [2.24, 2.45) is 0 Å². The zero-order chi connectivity index (χ0) is 15.2. The molecular formula is C18H16N2O. The van der Waals surface area contributed by atoms with Crippen molar-refractivity contribution in [3.63, 3.8) is 0 Å². The summed E-state index contributed by atoms with van der Waals surface area (Å²) in [6.07, 6.45) is 0.355. The third kappa shape index (κ3) is 3.11. The standard InChI is InChI=1S/C18H16N2O/c1-13(15(11-19)12-20)10-18(21-2)17-9-5-7-14-6-3-4-8-16(14)17/h3-9,18H,10H2,1-2H3. The van der Waals surface area contributed by atoms with Crippen LogP contribution in [0.15, 0.2) is 53.6 Å². The fraction of sp³-hybridized carbons (Fsp3) is 0.222. The molecule has 0 saturated heterocycles. The molecule has 1 atom stereocenters. The third-order valence-electron chi connectivity index (χ3n) is 3.60. The van der Waals surface area contributed by atoms with Crippen molar-refractivity contribution in [2.75, 3.05) is 7.11 Å². The minimum absolute atomic E-state index is 0.164. The van der Waals surface area contributed by atoms with Crippen LogP contribution < -0.4 is 0 Å². The molecule has 0 spiro atoms. The Balaban J connectivity index is 2.44. The summed E-state index contributed by atoms with van der Waals surface area (Å²) in [7, 11) is 1.65. The predicted octanol–water partition coefficient (Wildman–Crippen LogP) is 4.28. The number of benzene rings is 2. The molecular weight excluding hydrogens is 260 g/mol. The van der Waals surface area contributed by atoms with Gasteiger partial charge in [-0.05, 0) is 28.8 Å². The SMILES string of the molecule is COC(CC(C)=C(C#N)C#N)c1cccc2ccccc12. The van der Waals surface area contributed by atoms with Gasteiger partial charge in [-0.2, -0.15) is 10.5 Å². The highest BCUT2D eigenvalue weighted by molar-refractivity contribution is 5.86. The van der Waals surface area contributed by atoms with Crippen molar-refractivity contribution in [3.8, 4) is 12.1 Å². The van der Waals surface area contributed by atoms with Gasteiger partial charge in [0, 0.05) is 13.5 Å². The van der Waals surface area contributed by atoms with Crippen molar-refractivity contribution in [3.05, 3.63) is 59.2 Å². The van der Waals surface area contributed by atoms with Crippen LogP contribution in [-0.4, -0.2) is 7.11 Å². The summed E-state index contributed by atoms with van der Waals surface area (Å²) in [4.78, 5) is 0. The largest absolute Gasteiger partial charge is 0.376 e. The van der Waals surface area contributed by atoms with E-state index in [2.05, 4.69) is 18.2 Å². The molecule has 1 unspecified atom stereocenters. The maximum atomic E-state index is 8.95. The molecule has 0 fully saturated rings. The molecule has 3 heteroatoms. The number of hydrogen-bond acceptors (Lipinski definition) is 3. The van der Waals surface area contributed by atoms with E-state index in [0.717, 1.165) is 21.9 Å². The van der Waals surface area contributed by atoms with Gasteiger partial charge >= 0.3 is 0 Å². The maximum absolute atomic E-state index is 8.95. The first-order valence-corrected chi connectivity index (χ1v) is 6.71. The molecule has 0 saturated carbocycles. The van der Waals surface area contributed by atoms with Crippen molar-refractivity contribution in [1.29, 1.82) is 10.5 Å². The minimum atomic E-state index is -0.173. The fourth-order valence-corrected chi connectivity index (χ4v) is 2.45. The molecule has 0 bridgehead atoms. The van der Waals surface area contributed by atoms with Gasteiger partial charge in [-0.1, -0.05) is 42.5 Å². The highest BCUT2D eigenvalue weighted by Gasteiger charge is 2.16. The summed E-state index contributed by atoms with van der Waals surface area (Å²) in [5.41, 5.74) is 1.99. The summed E-state index contributed by atoms with van der Waals surface area (Å²) in [6.45, 7) is 1.80. The lowest BCUT2D eigenvalue weighted by Gasteiger charge is -2.18. The van der Waals surface area contributed by atoms with Gasteiger partial charge in [-0.25, -0.2) is 0 Å². The summed E-state index contributed by atoms with van der Waals surface area (Å²) in [5, 5.41) is 20.2. The topological polar surface area (TPSA) is 56.8 Å². The minimum Gasteiger partial charge on any atom is -0.376 e. The smallest absolute Gasteiger partial charge is 0.128 e. The lowest BCUT2D eigenvalue weighted by molar-refractivity contribution is 0.105. The van der Waals surface area contributed by atoms with Crippen LogP contribution >= 0.6 is 0 Å². The number of allylic oxidation sites excluding steroid dienone is 1. The van der Waals surface area contributed by atoms with Gasteiger partial charge in [0.1, 0.15) is 17.7 Å². The number of fused-ring (bicyclic) bond motifs is 1. The van der Waals surface area contributed by atoms with E-state index in [9.17, 15) is 0 Å². The first-order valence-electron chi connectivity index (χ1n) is 6.71. The molecule has 2 aromatic carbocycles. The maximum Gasteiger partial charge on any atom is 0.128 e. The second-order valence-electron chi connectivity index (χ2n) is 4.88. The Morgan fingerprint density at radius 1 is 1.10 bits per heavy atom. The molecule has 0 radical (unpaired) electrons. The Kier molecular flexibility index (Phi) is 4.72. The van der Waals surface area contributed by atoms with E-state index >= 15 is 0 Å². The summed E-state index contributed by atoms with van der Waals surface area (Å²) >= 11 is 0. The first kappa shape index (κ1) is 14.8. The Labute approximate surface area is 124 Å². The number of ether oxygens (including phenoxy) is 1. The number of nitrogens with zero attached hydrogens (tertiary/aromatic N) is 2. The van der Waals surface area contributed by atoms with E-state index in [4.69, 9.17) is 15.3 Å². The molecule has 3 nitrogen and oxygen atoms in total. The average molecular weight is 276 g/mol. The quantitative estimate of drug-likeness (QED) is 0.783. The van der Waals surface area contributed by atoms with Crippen LogP contribution in [-0.2, 0) is 4.74 Å².